The van der Waals surface area contributed by atoms with Gasteiger partial charge in [-0.25, -0.2) is 4.79 Å². The van der Waals surface area contributed by atoms with E-state index in [9.17, 15) is 19.5 Å². The van der Waals surface area contributed by atoms with Gasteiger partial charge in [-0.2, -0.15) is 0 Å². The summed E-state index contributed by atoms with van der Waals surface area (Å²) in [4.78, 5) is 41.5. The Morgan fingerprint density at radius 2 is 2.21 bits per heavy atom. The van der Waals surface area contributed by atoms with Crippen LogP contribution in [0.15, 0.2) is 24.4 Å². The molecule has 1 fully saturated rings. The van der Waals surface area contributed by atoms with E-state index < -0.39 is 17.9 Å². The molecule has 130 valence electrons. The highest BCUT2D eigenvalue weighted by Gasteiger charge is 2.36. The number of carboxylic acids is 1. The van der Waals surface area contributed by atoms with Crippen molar-refractivity contribution >= 4 is 17.8 Å². The van der Waals surface area contributed by atoms with Crippen molar-refractivity contribution in [3.63, 3.8) is 0 Å². The second-order valence-corrected chi connectivity index (χ2v) is 6.21. The van der Waals surface area contributed by atoms with Gasteiger partial charge in [0.2, 0.25) is 11.8 Å². The normalized spacial score (nSPS) is 19.8. The molecule has 0 aromatic carbocycles. The van der Waals surface area contributed by atoms with Crippen LogP contribution >= 0.6 is 0 Å². The van der Waals surface area contributed by atoms with Gasteiger partial charge in [0.05, 0.1) is 18.2 Å². The summed E-state index contributed by atoms with van der Waals surface area (Å²) >= 11 is 0. The molecule has 0 saturated carbocycles. The lowest BCUT2D eigenvalue weighted by atomic mass is 9.98. The third-order valence-corrected chi connectivity index (χ3v) is 4.44. The number of hydrogen-bond donors (Lipinski definition) is 2. The number of carbonyl (C=O) groups excluding carboxylic acids is 2. The highest BCUT2D eigenvalue weighted by Crippen LogP contribution is 2.20. The SMILES string of the molecule is CC[C@H](C)[C@@H](NC(=O)[C@@H]1CC(=O)N(Cc2ccccn2)C1)C(=O)O. The molecule has 2 N–H and O–H groups in total. The van der Waals surface area contributed by atoms with Crippen molar-refractivity contribution in [3.05, 3.63) is 30.1 Å². The van der Waals surface area contributed by atoms with Crippen molar-refractivity contribution in [2.24, 2.45) is 11.8 Å². The van der Waals surface area contributed by atoms with Gasteiger partial charge in [-0.05, 0) is 18.1 Å². The number of nitrogens with zero attached hydrogens (tertiary/aromatic N) is 2. The summed E-state index contributed by atoms with van der Waals surface area (Å²) in [5, 5.41) is 11.8. The van der Waals surface area contributed by atoms with E-state index in [-0.39, 0.29) is 30.7 Å². The average Bonchev–Trinajstić information content (AvgIpc) is 2.93. The maximum Gasteiger partial charge on any atom is 0.326 e. The van der Waals surface area contributed by atoms with Crippen molar-refractivity contribution in [1.82, 2.24) is 15.2 Å². The Morgan fingerprint density at radius 1 is 1.46 bits per heavy atom. The van der Waals surface area contributed by atoms with Crippen LogP contribution in [0, 0.1) is 11.8 Å². The lowest BCUT2D eigenvalue weighted by Gasteiger charge is -2.22. The van der Waals surface area contributed by atoms with Crippen LogP contribution in [0.5, 0.6) is 0 Å². The number of pyridine rings is 1. The smallest absolute Gasteiger partial charge is 0.326 e. The zero-order valence-electron chi connectivity index (χ0n) is 13.9. The lowest BCUT2D eigenvalue weighted by molar-refractivity contribution is -0.143. The molecule has 2 amide bonds. The summed E-state index contributed by atoms with van der Waals surface area (Å²) in [6, 6.07) is 4.54. The molecule has 2 rings (SSSR count). The number of amides is 2. The second kappa shape index (κ2) is 7.90. The molecule has 1 aromatic heterocycles. The zero-order chi connectivity index (χ0) is 17.7. The van der Waals surface area contributed by atoms with Crippen LogP contribution in [0.1, 0.15) is 32.4 Å². The number of aliphatic carboxylic acids is 1. The van der Waals surface area contributed by atoms with Crippen molar-refractivity contribution in [2.75, 3.05) is 6.54 Å². The molecule has 3 atom stereocenters. The highest BCUT2D eigenvalue weighted by molar-refractivity contribution is 5.91. The summed E-state index contributed by atoms with van der Waals surface area (Å²) in [6.07, 6.45) is 2.40. The quantitative estimate of drug-likeness (QED) is 0.777. The van der Waals surface area contributed by atoms with E-state index in [4.69, 9.17) is 0 Å². The molecule has 0 spiro atoms. The van der Waals surface area contributed by atoms with E-state index in [1.165, 1.54) is 0 Å². The fourth-order valence-electron chi connectivity index (χ4n) is 2.74. The van der Waals surface area contributed by atoms with Gasteiger partial charge in [-0.15, -0.1) is 0 Å². The van der Waals surface area contributed by atoms with Gasteiger partial charge in [0, 0.05) is 19.2 Å². The Kier molecular flexibility index (Phi) is 5.89. The van der Waals surface area contributed by atoms with Crippen molar-refractivity contribution < 1.29 is 19.5 Å². The Morgan fingerprint density at radius 3 is 2.79 bits per heavy atom. The molecule has 1 aliphatic heterocycles. The number of aromatic nitrogens is 1. The third kappa shape index (κ3) is 4.31. The Bertz CT molecular complexity index is 605. The Hall–Kier alpha value is -2.44. The number of carbonyl (C=O) groups is 3. The molecule has 1 aliphatic rings. The topological polar surface area (TPSA) is 99.6 Å². The molecule has 0 aliphatic carbocycles. The third-order valence-electron chi connectivity index (χ3n) is 4.44. The molecule has 1 saturated heterocycles. The largest absolute Gasteiger partial charge is 0.480 e. The predicted molar refractivity (Wildman–Crippen MR) is 86.8 cm³/mol. The first-order chi connectivity index (χ1) is 11.4. The van der Waals surface area contributed by atoms with Crippen LogP contribution in [0.2, 0.25) is 0 Å². The second-order valence-electron chi connectivity index (χ2n) is 6.21. The van der Waals surface area contributed by atoms with E-state index in [0.29, 0.717) is 13.0 Å². The summed E-state index contributed by atoms with van der Waals surface area (Å²) in [7, 11) is 0. The fourth-order valence-corrected chi connectivity index (χ4v) is 2.74. The van der Waals surface area contributed by atoms with E-state index >= 15 is 0 Å². The molecular weight excluding hydrogens is 310 g/mol. The van der Waals surface area contributed by atoms with Gasteiger partial charge < -0.3 is 15.3 Å². The minimum atomic E-state index is -1.05. The summed E-state index contributed by atoms with van der Waals surface area (Å²) in [6.45, 7) is 4.30. The van der Waals surface area contributed by atoms with Gasteiger partial charge in [0.25, 0.3) is 0 Å². The van der Waals surface area contributed by atoms with Gasteiger partial charge in [0.15, 0.2) is 0 Å². The summed E-state index contributed by atoms with van der Waals surface area (Å²) in [5.74, 6) is -2.23. The van der Waals surface area contributed by atoms with Crippen LogP contribution < -0.4 is 5.32 Å². The van der Waals surface area contributed by atoms with Crippen molar-refractivity contribution in [2.45, 2.75) is 39.3 Å². The molecular formula is C17H23N3O4. The number of likely N-dealkylation sites (tertiary alicyclic amines) is 1. The van der Waals surface area contributed by atoms with Crippen LogP contribution in [-0.4, -0.2) is 45.4 Å². The summed E-state index contributed by atoms with van der Waals surface area (Å²) in [5.41, 5.74) is 0.759. The highest BCUT2D eigenvalue weighted by atomic mass is 16.4. The lowest BCUT2D eigenvalue weighted by Crippen LogP contribution is -2.47. The van der Waals surface area contributed by atoms with Crippen molar-refractivity contribution in [3.8, 4) is 0 Å². The molecule has 0 radical (unpaired) electrons. The van der Waals surface area contributed by atoms with Crippen LogP contribution in [0.4, 0.5) is 0 Å². The van der Waals surface area contributed by atoms with E-state index in [0.717, 1.165) is 5.69 Å². The van der Waals surface area contributed by atoms with Gasteiger partial charge in [-0.1, -0.05) is 26.3 Å². The standard InChI is InChI=1S/C17H23N3O4/c1-3-11(2)15(17(23)24)19-16(22)12-8-14(21)20(9-12)10-13-6-4-5-7-18-13/h4-7,11-12,15H,3,8-10H2,1-2H3,(H,19,22)(H,23,24)/t11-,12+,15+/m0/s1. The molecule has 2 heterocycles. The van der Waals surface area contributed by atoms with E-state index in [1.807, 2.05) is 19.1 Å². The monoisotopic (exact) mass is 333 g/mol. The number of carboxylic acid groups (broad SMARTS) is 1. The Labute approximate surface area is 141 Å². The maximum atomic E-state index is 12.4. The minimum absolute atomic E-state index is 0.103. The van der Waals surface area contributed by atoms with Crippen LogP contribution in [0.25, 0.3) is 0 Å². The Balaban J connectivity index is 1.96. The first-order valence-corrected chi connectivity index (χ1v) is 8.13. The minimum Gasteiger partial charge on any atom is -0.480 e. The number of hydrogen-bond acceptors (Lipinski definition) is 4. The number of rotatable bonds is 7. The van der Waals surface area contributed by atoms with E-state index in [2.05, 4.69) is 10.3 Å². The van der Waals surface area contributed by atoms with Crippen molar-refractivity contribution in [1.29, 1.82) is 0 Å². The van der Waals surface area contributed by atoms with Gasteiger partial charge in [-0.3, -0.25) is 14.6 Å². The zero-order valence-corrected chi connectivity index (χ0v) is 13.9. The molecule has 0 bridgehead atoms. The number of nitrogens with one attached hydrogen (secondary N) is 1. The predicted octanol–water partition coefficient (Wildman–Crippen LogP) is 1.05. The molecule has 1 aromatic rings. The van der Waals surface area contributed by atoms with Crippen LogP contribution in [0.3, 0.4) is 0 Å². The summed E-state index contributed by atoms with van der Waals surface area (Å²) < 4.78 is 0. The average molecular weight is 333 g/mol. The molecule has 7 heteroatoms. The maximum absolute atomic E-state index is 12.4. The van der Waals surface area contributed by atoms with Crippen LogP contribution in [-0.2, 0) is 20.9 Å². The molecule has 24 heavy (non-hydrogen) atoms. The van der Waals surface area contributed by atoms with Gasteiger partial charge in [0.1, 0.15) is 6.04 Å². The van der Waals surface area contributed by atoms with E-state index in [1.54, 1.807) is 24.1 Å². The first-order valence-electron chi connectivity index (χ1n) is 8.13. The first kappa shape index (κ1) is 17.9. The fraction of sp³-hybridized carbons (Fsp3) is 0.529. The van der Waals surface area contributed by atoms with Gasteiger partial charge >= 0.3 is 5.97 Å². The molecule has 7 nitrogen and oxygen atoms in total. The molecule has 0 unspecified atom stereocenters.